The van der Waals surface area contributed by atoms with Crippen molar-refractivity contribution in [3.63, 3.8) is 0 Å². The molecule has 3 aromatic rings. The van der Waals surface area contributed by atoms with Crippen molar-refractivity contribution in [2.24, 2.45) is 5.73 Å². The number of aryl methyl sites for hydroxylation is 2. The van der Waals surface area contributed by atoms with Gasteiger partial charge in [0.05, 0.1) is 35.6 Å². The van der Waals surface area contributed by atoms with E-state index in [0.29, 0.717) is 38.3 Å². The topological polar surface area (TPSA) is 94.2 Å². The number of pyridine rings is 1. The Morgan fingerprint density at radius 1 is 1.08 bits per heavy atom. The molecule has 2 aliphatic rings. The van der Waals surface area contributed by atoms with Crippen molar-refractivity contribution in [1.82, 2.24) is 19.9 Å². The zero-order valence-corrected chi connectivity index (χ0v) is 21.9. The molecule has 1 saturated carbocycles. The van der Waals surface area contributed by atoms with Crippen molar-refractivity contribution in [2.45, 2.75) is 56.7 Å². The largest absolute Gasteiger partial charge is 0.419 e. The van der Waals surface area contributed by atoms with Gasteiger partial charge in [0.1, 0.15) is 5.82 Å². The third kappa shape index (κ3) is 5.96. The summed E-state index contributed by atoms with van der Waals surface area (Å²) in [6.07, 6.45) is -0.0146. The van der Waals surface area contributed by atoms with E-state index in [0.717, 1.165) is 41.7 Å². The maximum Gasteiger partial charge on any atom is 0.419 e. The summed E-state index contributed by atoms with van der Waals surface area (Å²) in [6, 6.07) is 11.4. The first-order valence-corrected chi connectivity index (χ1v) is 13.2. The molecule has 0 spiro atoms. The summed E-state index contributed by atoms with van der Waals surface area (Å²) in [5, 5.41) is 0. The Morgan fingerprint density at radius 3 is 2.46 bits per heavy atom. The first-order chi connectivity index (χ1) is 18.7. The second-order valence-corrected chi connectivity index (χ2v) is 10.3. The minimum Gasteiger partial charge on any atom is -0.379 e. The number of morpholine rings is 1. The van der Waals surface area contributed by atoms with Crippen LogP contribution in [0.2, 0.25) is 0 Å². The highest BCUT2D eigenvalue weighted by molar-refractivity contribution is 5.90. The van der Waals surface area contributed by atoms with E-state index in [2.05, 4.69) is 26.8 Å². The lowest BCUT2D eigenvalue weighted by Gasteiger charge is -2.31. The number of ether oxygens (including phenoxy) is 1. The van der Waals surface area contributed by atoms with Crippen molar-refractivity contribution in [3.05, 3.63) is 88.3 Å². The van der Waals surface area contributed by atoms with E-state index >= 15 is 0 Å². The van der Waals surface area contributed by atoms with Crippen molar-refractivity contribution in [2.75, 3.05) is 26.3 Å². The molecule has 3 heterocycles. The average Bonchev–Trinajstić information content (AvgIpc) is 3.74. The van der Waals surface area contributed by atoms with Gasteiger partial charge in [-0.25, -0.2) is 9.97 Å². The van der Waals surface area contributed by atoms with Gasteiger partial charge in [0.25, 0.3) is 0 Å². The predicted octanol–water partition coefficient (Wildman–Crippen LogP) is 4.18. The monoisotopic (exact) mass is 539 g/mol. The van der Waals surface area contributed by atoms with Crippen LogP contribution in [-0.4, -0.2) is 52.1 Å². The quantitative estimate of drug-likeness (QED) is 0.439. The van der Waals surface area contributed by atoms with E-state index < -0.39 is 23.1 Å². The molecule has 2 N–H and O–H groups in total. The minimum atomic E-state index is -4.57. The summed E-state index contributed by atoms with van der Waals surface area (Å²) in [4.78, 5) is 27.4. The Morgan fingerprint density at radius 2 is 1.82 bits per heavy atom. The zero-order chi connectivity index (χ0) is 27.6. The van der Waals surface area contributed by atoms with Crippen molar-refractivity contribution >= 4 is 5.91 Å². The van der Waals surface area contributed by atoms with E-state index in [9.17, 15) is 18.0 Å². The number of nitrogens with two attached hydrogens (primary N) is 1. The van der Waals surface area contributed by atoms with Crippen LogP contribution in [0.3, 0.4) is 0 Å². The predicted molar refractivity (Wildman–Crippen MR) is 139 cm³/mol. The molecule has 206 valence electrons. The maximum atomic E-state index is 13.8. The van der Waals surface area contributed by atoms with Gasteiger partial charge in [-0.2, -0.15) is 13.2 Å². The molecule has 1 aliphatic heterocycles. The van der Waals surface area contributed by atoms with Crippen LogP contribution in [0.15, 0.2) is 48.8 Å². The Kier molecular flexibility index (Phi) is 7.68. The summed E-state index contributed by atoms with van der Waals surface area (Å²) in [7, 11) is 0. The number of primary amides is 1. The molecule has 0 radical (unpaired) electrons. The molecule has 1 aromatic carbocycles. The lowest BCUT2D eigenvalue weighted by atomic mass is 9.88. The number of carbonyl (C=O) groups is 1. The van der Waals surface area contributed by atoms with Crippen LogP contribution in [0.4, 0.5) is 13.2 Å². The summed E-state index contributed by atoms with van der Waals surface area (Å²) in [5.74, 6) is -0.0907. The smallest absolute Gasteiger partial charge is 0.379 e. The van der Waals surface area contributed by atoms with Crippen LogP contribution < -0.4 is 5.73 Å². The van der Waals surface area contributed by atoms with Gasteiger partial charge in [0.15, 0.2) is 0 Å². The number of aromatic nitrogens is 3. The highest BCUT2D eigenvalue weighted by Gasteiger charge is 2.50. The molecular weight excluding hydrogens is 507 g/mol. The van der Waals surface area contributed by atoms with Gasteiger partial charge in [0.2, 0.25) is 5.91 Å². The number of halogens is 3. The molecule has 1 atom stereocenters. The first-order valence-electron chi connectivity index (χ1n) is 13.2. The fourth-order valence-corrected chi connectivity index (χ4v) is 5.32. The summed E-state index contributed by atoms with van der Waals surface area (Å²) in [6.45, 7) is 5.20. The standard InChI is InChI=1S/C29H32F3N5O2/c1-19(37-12-14-39-15-13-37)24-8-6-20(17-34-24)16-26-35-18-23(29(30,31)32)25(36-26)9-7-21-4-2-3-5-22(21)28(10-11-28)27(33)38/h2-6,8,17-19H,7,9-16H2,1H3,(H2,33,38). The van der Waals surface area contributed by atoms with Gasteiger partial charge in [0, 0.05) is 37.9 Å². The number of alkyl halides is 3. The normalized spacial score (nSPS) is 18.1. The van der Waals surface area contributed by atoms with Gasteiger partial charge < -0.3 is 10.5 Å². The first kappa shape index (κ1) is 27.2. The van der Waals surface area contributed by atoms with Crippen molar-refractivity contribution in [3.8, 4) is 0 Å². The van der Waals surface area contributed by atoms with E-state index in [-0.39, 0.29) is 24.6 Å². The van der Waals surface area contributed by atoms with Crippen LogP contribution in [0.1, 0.15) is 65.3 Å². The molecule has 2 fully saturated rings. The fraction of sp³-hybridized carbons (Fsp3) is 0.448. The second-order valence-electron chi connectivity index (χ2n) is 10.3. The molecular formula is C29H32F3N5O2. The van der Waals surface area contributed by atoms with Crippen LogP contribution in [0.5, 0.6) is 0 Å². The van der Waals surface area contributed by atoms with Gasteiger partial charge in [-0.3, -0.25) is 14.7 Å². The number of benzene rings is 1. The molecule has 5 rings (SSSR count). The number of amides is 1. The lowest BCUT2D eigenvalue weighted by Crippen LogP contribution is -2.38. The van der Waals surface area contributed by atoms with Gasteiger partial charge in [-0.1, -0.05) is 30.3 Å². The Labute approximate surface area is 225 Å². The minimum absolute atomic E-state index is 0.0586. The van der Waals surface area contributed by atoms with Crippen LogP contribution in [0.25, 0.3) is 0 Å². The van der Waals surface area contributed by atoms with E-state index in [1.807, 2.05) is 36.4 Å². The lowest BCUT2D eigenvalue weighted by molar-refractivity contribution is -0.138. The van der Waals surface area contributed by atoms with E-state index in [4.69, 9.17) is 10.5 Å². The van der Waals surface area contributed by atoms with Crippen LogP contribution in [-0.2, 0) is 40.4 Å². The zero-order valence-electron chi connectivity index (χ0n) is 21.9. The van der Waals surface area contributed by atoms with E-state index in [1.165, 1.54) is 0 Å². The molecule has 0 bridgehead atoms. The molecule has 39 heavy (non-hydrogen) atoms. The highest BCUT2D eigenvalue weighted by atomic mass is 19.4. The second kappa shape index (κ2) is 11.0. The molecule has 1 aliphatic carbocycles. The summed E-state index contributed by atoms with van der Waals surface area (Å²) in [5.41, 5.74) is 7.42. The summed E-state index contributed by atoms with van der Waals surface area (Å²) >= 11 is 0. The van der Waals surface area contributed by atoms with Gasteiger partial charge in [-0.05, 0) is 55.4 Å². The number of rotatable bonds is 9. The van der Waals surface area contributed by atoms with E-state index in [1.54, 1.807) is 6.20 Å². The molecule has 2 aromatic heterocycles. The highest BCUT2D eigenvalue weighted by Crippen LogP contribution is 2.49. The Balaban J connectivity index is 1.33. The van der Waals surface area contributed by atoms with Crippen molar-refractivity contribution < 1.29 is 22.7 Å². The third-order valence-electron chi connectivity index (χ3n) is 7.84. The fourth-order valence-electron chi connectivity index (χ4n) is 5.32. The third-order valence-corrected chi connectivity index (χ3v) is 7.84. The number of hydrogen-bond donors (Lipinski definition) is 1. The number of carbonyl (C=O) groups excluding carboxylic acids is 1. The van der Waals surface area contributed by atoms with Crippen LogP contribution >= 0.6 is 0 Å². The molecule has 1 unspecified atom stereocenters. The Bertz CT molecular complexity index is 1320. The molecule has 1 amide bonds. The summed E-state index contributed by atoms with van der Waals surface area (Å²) < 4.78 is 46.9. The van der Waals surface area contributed by atoms with Crippen molar-refractivity contribution in [1.29, 1.82) is 0 Å². The van der Waals surface area contributed by atoms with Gasteiger partial charge >= 0.3 is 6.18 Å². The average molecular weight is 540 g/mol. The molecule has 10 heteroatoms. The maximum absolute atomic E-state index is 13.8. The van der Waals surface area contributed by atoms with Gasteiger partial charge in [-0.15, -0.1) is 0 Å². The van der Waals surface area contributed by atoms with Crippen LogP contribution in [0, 0.1) is 0 Å². The number of hydrogen-bond acceptors (Lipinski definition) is 6. The number of nitrogens with zero attached hydrogens (tertiary/aromatic N) is 4. The SMILES string of the molecule is CC(c1ccc(Cc2ncc(C(F)(F)F)c(CCc3ccccc3C3(C(N)=O)CC3)n2)cn1)N1CCOCC1. The Hall–Kier alpha value is -3.37. The molecule has 1 saturated heterocycles. The molecule has 7 nitrogen and oxygen atoms in total.